The average molecular weight is 280 g/mol. The zero-order valence-electron chi connectivity index (χ0n) is 11.8. The van der Waals surface area contributed by atoms with Crippen LogP contribution in [0.5, 0.6) is 0 Å². The summed E-state index contributed by atoms with van der Waals surface area (Å²) in [6, 6.07) is 11.1. The molecule has 4 heteroatoms. The van der Waals surface area contributed by atoms with E-state index in [1.807, 2.05) is 41.1 Å². The number of carbonyl (C=O) groups is 1. The monoisotopic (exact) mass is 280 g/mol. The van der Waals surface area contributed by atoms with Gasteiger partial charge in [-0.15, -0.1) is 0 Å². The second-order valence-corrected chi connectivity index (χ2v) is 4.95. The molecular weight excluding hydrogens is 264 g/mol. The third kappa shape index (κ3) is 2.29. The lowest BCUT2D eigenvalue weighted by Crippen LogP contribution is -2.03. The summed E-state index contributed by atoms with van der Waals surface area (Å²) in [5.74, 6) is 0.0860. The van der Waals surface area contributed by atoms with Crippen molar-refractivity contribution in [3.63, 3.8) is 0 Å². The van der Waals surface area contributed by atoms with Crippen LogP contribution >= 0.6 is 0 Å². The van der Waals surface area contributed by atoms with Gasteiger partial charge in [0, 0.05) is 24.2 Å². The lowest BCUT2D eigenvalue weighted by Gasteiger charge is -2.12. The Labute approximate surface area is 122 Å². The zero-order chi connectivity index (χ0) is 14.8. The summed E-state index contributed by atoms with van der Waals surface area (Å²) in [4.78, 5) is 15.8. The number of aromatic nitrogens is 2. The molecule has 0 radical (unpaired) electrons. The molecule has 4 nitrogen and oxygen atoms in total. The largest absolute Gasteiger partial charge is 0.478 e. The average Bonchev–Trinajstić information content (AvgIpc) is 2.94. The number of carboxylic acid groups (broad SMARTS) is 1. The molecule has 0 bridgehead atoms. The van der Waals surface area contributed by atoms with Gasteiger partial charge >= 0.3 is 5.97 Å². The van der Waals surface area contributed by atoms with Crippen molar-refractivity contribution in [1.82, 2.24) is 9.55 Å². The van der Waals surface area contributed by atoms with Crippen molar-refractivity contribution in [2.24, 2.45) is 0 Å². The van der Waals surface area contributed by atoms with Gasteiger partial charge in [-0.1, -0.05) is 31.2 Å². The van der Waals surface area contributed by atoms with Gasteiger partial charge in [0.25, 0.3) is 0 Å². The van der Waals surface area contributed by atoms with Crippen LogP contribution in [0.4, 0.5) is 0 Å². The van der Waals surface area contributed by atoms with E-state index in [-0.39, 0.29) is 0 Å². The van der Waals surface area contributed by atoms with Gasteiger partial charge in [-0.2, -0.15) is 0 Å². The zero-order valence-corrected chi connectivity index (χ0v) is 11.8. The summed E-state index contributed by atoms with van der Waals surface area (Å²) in [6.45, 7) is 2.12. The Morgan fingerprint density at radius 1 is 1.19 bits per heavy atom. The Bertz CT molecular complexity index is 805. The summed E-state index contributed by atoms with van der Waals surface area (Å²) in [6.07, 6.45) is 5.61. The number of aromatic carboxylic acids is 1. The van der Waals surface area contributed by atoms with Crippen LogP contribution in [-0.2, 0) is 6.42 Å². The number of aryl methyl sites for hydroxylation is 1. The summed E-state index contributed by atoms with van der Waals surface area (Å²) in [7, 11) is 0. The predicted octanol–water partition coefficient (Wildman–Crippen LogP) is 3.68. The molecule has 0 saturated carbocycles. The molecule has 21 heavy (non-hydrogen) atoms. The van der Waals surface area contributed by atoms with E-state index < -0.39 is 5.97 Å². The number of imidazole rings is 1. The van der Waals surface area contributed by atoms with Crippen LogP contribution in [0.1, 0.15) is 29.5 Å². The van der Waals surface area contributed by atoms with Crippen LogP contribution < -0.4 is 0 Å². The highest BCUT2D eigenvalue weighted by Gasteiger charge is 2.13. The number of hydrogen-bond donors (Lipinski definition) is 1. The van der Waals surface area contributed by atoms with Gasteiger partial charge in [0.05, 0.1) is 11.3 Å². The molecule has 3 aromatic rings. The molecule has 0 saturated heterocycles. The Balaban J connectivity index is 2.27. The third-order valence-corrected chi connectivity index (χ3v) is 3.58. The number of rotatable bonds is 4. The van der Waals surface area contributed by atoms with Crippen LogP contribution in [0.25, 0.3) is 16.5 Å². The molecular formula is C17H16N2O2. The number of fused-ring (bicyclic) bond motifs is 1. The van der Waals surface area contributed by atoms with Crippen LogP contribution in [0.15, 0.2) is 48.8 Å². The standard InChI is InChI=1S/C17H16N2O2/c1-2-5-16-18-10-11-19(16)15-9-8-14(17(20)21)12-6-3-4-7-13(12)15/h3-4,6-11H,2,5H2,1H3,(H,20,21). The van der Waals surface area contributed by atoms with Gasteiger partial charge in [0.15, 0.2) is 0 Å². The maximum atomic E-state index is 11.4. The van der Waals surface area contributed by atoms with E-state index in [9.17, 15) is 9.90 Å². The molecule has 1 N–H and O–H groups in total. The molecule has 2 aromatic carbocycles. The Morgan fingerprint density at radius 3 is 2.67 bits per heavy atom. The SMILES string of the molecule is CCCc1nccn1-c1ccc(C(=O)O)c2ccccc12. The fraction of sp³-hybridized carbons (Fsp3) is 0.176. The summed E-state index contributed by atoms with van der Waals surface area (Å²) < 4.78 is 2.04. The van der Waals surface area contributed by atoms with E-state index in [1.165, 1.54) is 0 Å². The fourth-order valence-corrected chi connectivity index (χ4v) is 2.64. The number of nitrogens with zero attached hydrogens (tertiary/aromatic N) is 2. The molecule has 1 heterocycles. The minimum Gasteiger partial charge on any atom is -0.478 e. The van der Waals surface area contributed by atoms with E-state index in [4.69, 9.17) is 0 Å². The molecule has 0 atom stereocenters. The second-order valence-electron chi connectivity index (χ2n) is 4.95. The maximum absolute atomic E-state index is 11.4. The molecule has 106 valence electrons. The lowest BCUT2D eigenvalue weighted by molar-refractivity contribution is 0.0699. The molecule has 0 spiro atoms. The molecule has 1 aromatic heterocycles. The van der Waals surface area contributed by atoms with E-state index in [0.29, 0.717) is 5.56 Å². The lowest BCUT2D eigenvalue weighted by atomic mass is 10.0. The van der Waals surface area contributed by atoms with Crippen LogP contribution in [0, 0.1) is 0 Å². The molecule has 0 aliphatic carbocycles. The first-order valence-electron chi connectivity index (χ1n) is 7.00. The minimum absolute atomic E-state index is 0.325. The van der Waals surface area contributed by atoms with Gasteiger partial charge < -0.3 is 9.67 Å². The number of hydrogen-bond acceptors (Lipinski definition) is 2. The maximum Gasteiger partial charge on any atom is 0.336 e. The molecule has 0 unspecified atom stereocenters. The van der Waals surface area contributed by atoms with Crippen molar-refractivity contribution in [3.8, 4) is 5.69 Å². The van der Waals surface area contributed by atoms with Crippen molar-refractivity contribution < 1.29 is 9.90 Å². The molecule has 0 aliphatic heterocycles. The van der Waals surface area contributed by atoms with Gasteiger partial charge in [0.1, 0.15) is 5.82 Å². The van der Waals surface area contributed by atoms with Crippen LogP contribution in [0.2, 0.25) is 0 Å². The quantitative estimate of drug-likeness (QED) is 0.793. The molecule has 0 fully saturated rings. The first-order valence-corrected chi connectivity index (χ1v) is 7.00. The Hall–Kier alpha value is -2.62. The summed E-state index contributed by atoms with van der Waals surface area (Å²) in [5, 5.41) is 11.0. The smallest absolute Gasteiger partial charge is 0.336 e. The van der Waals surface area contributed by atoms with Crippen molar-refractivity contribution >= 4 is 16.7 Å². The van der Waals surface area contributed by atoms with Crippen molar-refractivity contribution in [1.29, 1.82) is 0 Å². The van der Waals surface area contributed by atoms with E-state index in [1.54, 1.807) is 12.3 Å². The van der Waals surface area contributed by atoms with Crippen molar-refractivity contribution in [2.75, 3.05) is 0 Å². The molecule has 3 rings (SSSR count). The third-order valence-electron chi connectivity index (χ3n) is 3.58. The Kier molecular flexibility index (Phi) is 3.44. The first kappa shape index (κ1) is 13.4. The molecule has 0 amide bonds. The summed E-state index contributed by atoms with van der Waals surface area (Å²) >= 11 is 0. The van der Waals surface area contributed by atoms with Crippen LogP contribution in [-0.4, -0.2) is 20.6 Å². The fourth-order valence-electron chi connectivity index (χ4n) is 2.64. The topological polar surface area (TPSA) is 55.1 Å². The van der Waals surface area contributed by atoms with Crippen molar-refractivity contribution in [3.05, 3.63) is 60.2 Å². The number of carboxylic acids is 1. The van der Waals surface area contributed by atoms with Gasteiger partial charge in [-0.25, -0.2) is 9.78 Å². The highest BCUT2D eigenvalue weighted by Crippen LogP contribution is 2.26. The van der Waals surface area contributed by atoms with E-state index in [0.717, 1.165) is 35.1 Å². The highest BCUT2D eigenvalue weighted by atomic mass is 16.4. The van der Waals surface area contributed by atoms with Crippen molar-refractivity contribution in [2.45, 2.75) is 19.8 Å². The van der Waals surface area contributed by atoms with Crippen LogP contribution in [0.3, 0.4) is 0 Å². The minimum atomic E-state index is -0.905. The second kappa shape index (κ2) is 5.40. The number of benzene rings is 2. The van der Waals surface area contributed by atoms with Gasteiger partial charge in [-0.3, -0.25) is 0 Å². The first-order chi connectivity index (χ1) is 10.2. The Morgan fingerprint density at radius 2 is 1.95 bits per heavy atom. The predicted molar refractivity (Wildman–Crippen MR) is 82.0 cm³/mol. The van der Waals surface area contributed by atoms with Gasteiger partial charge in [0.2, 0.25) is 0 Å². The highest BCUT2D eigenvalue weighted by molar-refractivity contribution is 6.06. The summed E-state index contributed by atoms with van der Waals surface area (Å²) in [5.41, 5.74) is 1.29. The normalized spacial score (nSPS) is 10.9. The van der Waals surface area contributed by atoms with E-state index in [2.05, 4.69) is 11.9 Å². The van der Waals surface area contributed by atoms with Gasteiger partial charge in [-0.05, 0) is 23.9 Å². The van der Waals surface area contributed by atoms with E-state index >= 15 is 0 Å². The molecule has 0 aliphatic rings.